The van der Waals surface area contributed by atoms with E-state index in [1.807, 2.05) is 0 Å². The van der Waals surface area contributed by atoms with Crippen LogP contribution in [0.5, 0.6) is 5.75 Å². The maximum atomic E-state index is 12.3. The van der Waals surface area contributed by atoms with E-state index in [-0.39, 0.29) is 11.3 Å². The summed E-state index contributed by atoms with van der Waals surface area (Å²) in [6.07, 6.45) is 2.18. The van der Waals surface area contributed by atoms with E-state index in [2.05, 4.69) is 20.3 Å². The molecule has 5 nitrogen and oxygen atoms in total. The summed E-state index contributed by atoms with van der Waals surface area (Å²) in [7, 11) is 0. The van der Waals surface area contributed by atoms with Gasteiger partial charge in [0, 0.05) is 5.92 Å². The molecule has 1 N–H and O–H groups in total. The number of anilines is 1. The van der Waals surface area contributed by atoms with Crippen LogP contribution in [0.15, 0.2) is 24.3 Å². The van der Waals surface area contributed by atoms with Crippen molar-refractivity contribution in [1.82, 2.24) is 10.2 Å². The van der Waals surface area contributed by atoms with Crippen molar-refractivity contribution in [3.63, 3.8) is 0 Å². The van der Waals surface area contributed by atoms with Crippen LogP contribution in [0, 0.1) is 0 Å². The number of benzene rings is 1. The van der Waals surface area contributed by atoms with Gasteiger partial charge in [0.05, 0.1) is 5.56 Å². The summed E-state index contributed by atoms with van der Waals surface area (Å²) >= 11 is 1.30. The second-order valence-corrected chi connectivity index (χ2v) is 5.56. The Morgan fingerprint density at radius 2 is 2.10 bits per heavy atom. The molecule has 1 fully saturated rings. The summed E-state index contributed by atoms with van der Waals surface area (Å²) in [6.45, 7) is -2.98. The fourth-order valence-electron chi connectivity index (χ4n) is 1.80. The number of aromatic nitrogens is 2. The standard InChI is InChI=1S/C13H11F2N3O2S/c14-12(15)20-9-4-2-1-3-8(9)10(19)16-13-18-17-11(21-13)7-5-6-7/h1-4,7,12H,5-6H2,(H,16,18,19). The zero-order valence-electron chi connectivity index (χ0n) is 10.8. The minimum atomic E-state index is -2.98. The Kier molecular flexibility index (Phi) is 3.78. The summed E-state index contributed by atoms with van der Waals surface area (Å²) < 4.78 is 29.0. The molecule has 0 spiro atoms. The van der Waals surface area contributed by atoms with Crippen molar-refractivity contribution >= 4 is 22.4 Å². The molecule has 1 heterocycles. The maximum absolute atomic E-state index is 12.3. The lowest BCUT2D eigenvalue weighted by molar-refractivity contribution is -0.0501. The fraction of sp³-hybridized carbons (Fsp3) is 0.308. The van der Waals surface area contributed by atoms with Crippen molar-refractivity contribution in [1.29, 1.82) is 0 Å². The van der Waals surface area contributed by atoms with Crippen molar-refractivity contribution in [2.75, 3.05) is 5.32 Å². The maximum Gasteiger partial charge on any atom is 0.387 e. The third-order valence-electron chi connectivity index (χ3n) is 2.94. The van der Waals surface area contributed by atoms with Crippen molar-refractivity contribution < 1.29 is 18.3 Å². The van der Waals surface area contributed by atoms with E-state index in [0.717, 1.165) is 17.8 Å². The van der Waals surface area contributed by atoms with Gasteiger partial charge in [-0.15, -0.1) is 10.2 Å². The van der Waals surface area contributed by atoms with Gasteiger partial charge in [0.25, 0.3) is 5.91 Å². The van der Waals surface area contributed by atoms with Gasteiger partial charge in [0.1, 0.15) is 10.8 Å². The molecule has 1 aromatic heterocycles. The van der Waals surface area contributed by atoms with E-state index in [9.17, 15) is 13.6 Å². The minimum absolute atomic E-state index is 0.0287. The Balaban J connectivity index is 1.74. The molecule has 1 amide bonds. The van der Waals surface area contributed by atoms with Crippen molar-refractivity contribution in [2.45, 2.75) is 25.4 Å². The van der Waals surface area contributed by atoms with Gasteiger partial charge in [-0.05, 0) is 25.0 Å². The molecule has 0 saturated heterocycles. The van der Waals surface area contributed by atoms with E-state index in [0.29, 0.717) is 11.0 Å². The number of rotatable bonds is 5. The lowest BCUT2D eigenvalue weighted by atomic mass is 10.2. The number of carbonyl (C=O) groups excluding carboxylic acids is 1. The molecule has 0 radical (unpaired) electrons. The van der Waals surface area contributed by atoms with Crippen LogP contribution < -0.4 is 10.1 Å². The van der Waals surface area contributed by atoms with Crippen LogP contribution in [0.2, 0.25) is 0 Å². The third-order valence-corrected chi connectivity index (χ3v) is 3.94. The molecule has 1 saturated carbocycles. The van der Waals surface area contributed by atoms with Gasteiger partial charge in [-0.25, -0.2) is 0 Å². The first-order valence-electron chi connectivity index (χ1n) is 6.32. The lowest BCUT2D eigenvalue weighted by Gasteiger charge is -2.09. The SMILES string of the molecule is O=C(Nc1nnc(C2CC2)s1)c1ccccc1OC(F)F. The van der Waals surface area contributed by atoms with E-state index in [4.69, 9.17) is 0 Å². The van der Waals surface area contributed by atoms with Crippen LogP contribution >= 0.6 is 11.3 Å². The van der Waals surface area contributed by atoms with Crippen LogP contribution in [0.25, 0.3) is 0 Å². The van der Waals surface area contributed by atoms with Gasteiger partial charge in [0.15, 0.2) is 0 Å². The highest BCUT2D eigenvalue weighted by molar-refractivity contribution is 7.15. The van der Waals surface area contributed by atoms with Gasteiger partial charge >= 0.3 is 6.61 Å². The number of halogens is 2. The molecule has 8 heteroatoms. The van der Waals surface area contributed by atoms with E-state index >= 15 is 0 Å². The summed E-state index contributed by atoms with van der Waals surface area (Å²) in [5.41, 5.74) is 0.0287. The number of hydrogen-bond acceptors (Lipinski definition) is 5. The summed E-state index contributed by atoms with van der Waals surface area (Å²) in [4.78, 5) is 12.1. The van der Waals surface area contributed by atoms with E-state index < -0.39 is 12.5 Å². The molecular weight excluding hydrogens is 300 g/mol. The number of hydrogen-bond donors (Lipinski definition) is 1. The number of amides is 1. The van der Waals surface area contributed by atoms with E-state index in [1.165, 1.54) is 29.5 Å². The molecule has 1 aromatic carbocycles. The Morgan fingerprint density at radius 1 is 1.33 bits per heavy atom. The first-order valence-corrected chi connectivity index (χ1v) is 7.13. The quantitative estimate of drug-likeness (QED) is 0.920. The average molecular weight is 311 g/mol. The molecule has 110 valence electrons. The summed E-state index contributed by atoms with van der Waals surface area (Å²) in [6, 6.07) is 5.82. The highest BCUT2D eigenvalue weighted by Gasteiger charge is 2.28. The number of nitrogens with zero attached hydrogens (tertiary/aromatic N) is 2. The normalized spacial score (nSPS) is 14.2. The second-order valence-electron chi connectivity index (χ2n) is 4.55. The van der Waals surface area contributed by atoms with E-state index in [1.54, 1.807) is 6.07 Å². The highest BCUT2D eigenvalue weighted by atomic mass is 32.1. The minimum Gasteiger partial charge on any atom is -0.434 e. The number of carbonyl (C=O) groups is 1. The molecule has 0 aliphatic heterocycles. The molecule has 3 rings (SSSR count). The number of alkyl halides is 2. The monoisotopic (exact) mass is 311 g/mol. The van der Waals surface area contributed by atoms with Gasteiger partial charge in [0.2, 0.25) is 5.13 Å². The predicted octanol–water partition coefficient (Wildman–Crippen LogP) is 3.27. The Bertz CT molecular complexity index is 658. The Hall–Kier alpha value is -2.09. The number of para-hydroxylation sites is 1. The largest absolute Gasteiger partial charge is 0.434 e. The number of ether oxygens (including phenoxy) is 1. The van der Waals surface area contributed by atoms with Crippen LogP contribution in [0.4, 0.5) is 13.9 Å². The number of nitrogens with one attached hydrogen (secondary N) is 1. The summed E-state index contributed by atoms with van der Waals surface area (Å²) in [5, 5.41) is 11.7. The van der Waals surface area contributed by atoms with Gasteiger partial charge < -0.3 is 4.74 Å². The van der Waals surface area contributed by atoms with Gasteiger partial charge in [-0.3, -0.25) is 10.1 Å². The van der Waals surface area contributed by atoms with Crippen molar-refractivity contribution in [3.8, 4) is 5.75 Å². The van der Waals surface area contributed by atoms with Crippen LogP contribution in [0.1, 0.15) is 34.1 Å². The Labute approximate surface area is 123 Å². The average Bonchev–Trinajstić information content (AvgIpc) is 3.19. The smallest absolute Gasteiger partial charge is 0.387 e. The first-order chi connectivity index (χ1) is 10.1. The second kappa shape index (κ2) is 5.72. The van der Waals surface area contributed by atoms with Crippen molar-refractivity contribution in [3.05, 3.63) is 34.8 Å². The fourth-order valence-corrected chi connectivity index (χ4v) is 2.71. The molecule has 0 bridgehead atoms. The molecule has 21 heavy (non-hydrogen) atoms. The van der Waals surface area contributed by atoms with Crippen LogP contribution in [-0.4, -0.2) is 22.7 Å². The van der Waals surface area contributed by atoms with Crippen LogP contribution in [0.3, 0.4) is 0 Å². The first kappa shape index (κ1) is 13.9. The van der Waals surface area contributed by atoms with Crippen molar-refractivity contribution in [2.24, 2.45) is 0 Å². The molecule has 1 aliphatic carbocycles. The van der Waals surface area contributed by atoms with Gasteiger partial charge in [-0.2, -0.15) is 8.78 Å². The zero-order chi connectivity index (χ0) is 14.8. The molecule has 2 aromatic rings. The summed E-state index contributed by atoms with van der Waals surface area (Å²) in [5.74, 6) is -0.274. The molecule has 1 aliphatic rings. The van der Waals surface area contributed by atoms with Crippen LogP contribution in [-0.2, 0) is 0 Å². The highest BCUT2D eigenvalue weighted by Crippen LogP contribution is 2.42. The molecule has 0 atom stereocenters. The predicted molar refractivity (Wildman–Crippen MR) is 72.9 cm³/mol. The zero-order valence-corrected chi connectivity index (χ0v) is 11.6. The lowest BCUT2D eigenvalue weighted by Crippen LogP contribution is -2.14. The van der Waals surface area contributed by atoms with Gasteiger partial charge in [-0.1, -0.05) is 23.5 Å². The Morgan fingerprint density at radius 3 is 2.81 bits per heavy atom. The molecule has 0 unspecified atom stereocenters. The topological polar surface area (TPSA) is 64.1 Å². The third kappa shape index (κ3) is 3.33. The molecular formula is C13H11F2N3O2S.